The average molecular weight is 452 g/mol. The summed E-state index contributed by atoms with van der Waals surface area (Å²) in [5.74, 6) is 1.55. The maximum absolute atomic E-state index is 12.8. The fourth-order valence-corrected chi connectivity index (χ4v) is 4.38. The highest BCUT2D eigenvalue weighted by atomic mass is 35.5. The second kappa shape index (κ2) is 10.3. The summed E-state index contributed by atoms with van der Waals surface area (Å²) >= 11 is 6.21. The van der Waals surface area contributed by atoms with Gasteiger partial charge >= 0.3 is 0 Å². The van der Waals surface area contributed by atoms with Gasteiger partial charge in [-0.3, -0.25) is 9.69 Å². The van der Waals surface area contributed by atoms with Crippen LogP contribution in [-0.4, -0.2) is 28.9 Å². The van der Waals surface area contributed by atoms with E-state index in [0.29, 0.717) is 24.0 Å². The van der Waals surface area contributed by atoms with E-state index in [4.69, 9.17) is 21.0 Å². The lowest BCUT2D eigenvalue weighted by atomic mass is 9.97. The van der Waals surface area contributed by atoms with E-state index in [1.165, 1.54) is 5.56 Å². The van der Waals surface area contributed by atoms with Gasteiger partial charge in [0.25, 0.3) is 0 Å². The molecule has 1 aliphatic rings. The zero-order valence-corrected chi connectivity index (χ0v) is 19.5. The van der Waals surface area contributed by atoms with Crippen molar-refractivity contribution in [2.24, 2.45) is 5.92 Å². The summed E-state index contributed by atoms with van der Waals surface area (Å²) in [6, 6.07) is 16.0. The topological polar surface area (TPSA) is 58.4 Å². The van der Waals surface area contributed by atoms with Gasteiger partial charge < -0.3 is 9.73 Å². The van der Waals surface area contributed by atoms with Crippen molar-refractivity contribution in [2.75, 3.05) is 13.1 Å². The number of nitrogens with one attached hydrogen (secondary N) is 1. The Morgan fingerprint density at radius 2 is 2.00 bits per heavy atom. The number of amides is 1. The van der Waals surface area contributed by atoms with E-state index in [1.54, 1.807) is 0 Å². The summed E-state index contributed by atoms with van der Waals surface area (Å²) in [6.07, 6.45) is 2.91. The van der Waals surface area contributed by atoms with E-state index >= 15 is 0 Å². The van der Waals surface area contributed by atoms with Crippen LogP contribution < -0.4 is 5.32 Å². The van der Waals surface area contributed by atoms with Gasteiger partial charge in [-0.05, 0) is 62.1 Å². The number of hydrogen-bond acceptors (Lipinski definition) is 4. The largest absolute Gasteiger partial charge is 0.441 e. The molecule has 6 heteroatoms. The number of aryl methyl sites for hydroxylation is 2. The van der Waals surface area contributed by atoms with Crippen LogP contribution in [0.15, 0.2) is 52.9 Å². The molecular weight excluding hydrogens is 422 g/mol. The molecule has 3 aromatic rings. The maximum Gasteiger partial charge on any atom is 0.226 e. The van der Waals surface area contributed by atoms with Gasteiger partial charge in [0, 0.05) is 30.2 Å². The van der Waals surface area contributed by atoms with Gasteiger partial charge in [0.05, 0.1) is 11.6 Å². The van der Waals surface area contributed by atoms with Gasteiger partial charge in [-0.1, -0.05) is 48.9 Å². The van der Waals surface area contributed by atoms with E-state index in [-0.39, 0.29) is 11.8 Å². The number of benzene rings is 2. The van der Waals surface area contributed by atoms with Crippen LogP contribution in [-0.2, 0) is 24.3 Å². The molecule has 0 bridgehead atoms. The number of aromatic nitrogens is 1. The fourth-order valence-electron chi connectivity index (χ4n) is 4.17. The van der Waals surface area contributed by atoms with Gasteiger partial charge in [-0.15, -0.1) is 0 Å². The van der Waals surface area contributed by atoms with Gasteiger partial charge in [0.2, 0.25) is 11.8 Å². The first kappa shape index (κ1) is 22.6. The highest BCUT2D eigenvalue weighted by molar-refractivity contribution is 6.31. The molecule has 0 unspecified atom stereocenters. The van der Waals surface area contributed by atoms with Crippen molar-refractivity contribution in [3.63, 3.8) is 0 Å². The monoisotopic (exact) mass is 451 g/mol. The lowest BCUT2D eigenvalue weighted by Gasteiger charge is -2.31. The Bertz CT molecular complexity index is 1060. The number of nitrogens with zero attached hydrogens (tertiary/aromatic N) is 2. The molecule has 1 amide bonds. The van der Waals surface area contributed by atoms with E-state index < -0.39 is 0 Å². The molecule has 1 aliphatic heterocycles. The van der Waals surface area contributed by atoms with Crippen LogP contribution in [0.4, 0.5) is 0 Å². The van der Waals surface area contributed by atoms with Crippen LogP contribution in [0.1, 0.15) is 42.3 Å². The molecule has 0 radical (unpaired) electrons. The normalized spacial score (nSPS) is 16.8. The van der Waals surface area contributed by atoms with Crippen LogP contribution in [0, 0.1) is 12.8 Å². The molecule has 0 aliphatic carbocycles. The number of halogens is 1. The minimum absolute atomic E-state index is 0.0282. The molecule has 0 spiro atoms. The summed E-state index contributed by atoms with van der Waals surface area (Å²) in [6.45, 7) is 6.94. The molecule has 1 saturated heterocycles. The molecular formula is C26H30ClN3O2. The highest BCUT2D eigenvalue weighted by Crippen LogP contribution is 2.25. The number of hydrogen-bond donors (Lipinski definition) is 1. The molecule has 168 valence electrons. The first-order valence-corrected chi connectivity index (χ1v) is 11.7. The predicted octanol–water partition coefficient (Wildman–Crippen LogP) is 5.39. The Labute approximate surface area is 194 Å². The van der Waals surface area contributed by atoms with Crippen LogP contribution in [0.2, 0.25) is 5.02 Å². The Balaban J connectivity index is 1.36. The minimum atomic E-state index is -0.0282. The molecule has 2 aromatic carbocycles. The lowest BCUT2D eigenvalue weighted by Crippen LogP contribution is -2.42. The Hall–Kier alpha value is -2.63. The Kier molecular flexibility index (Phi) is 7.28. The van der Waals surface area contributed by atoms with Crippen molar-refractivity contribution in [1.29, 1.82) is 0 Å². The summed E-state index contributed by atoms with van der Waals surface area (Å²) in [5.41, 5.74) is 4.17. The summed E-state index contributed by atoms with van der Waals surface area (Å²) < 4.78 is 5.96. The van der Waals surface area contributed by atoms with Gasteiger partial charge in [0.15, 0.2) is 0 Å². The van der Waals surface area contributed by atoms with Crippen LogP contribution in [0.5, 0.6) is 0 Å². The molecule has 5 nitrogen and oxygen atoms in total. The number of carbonyl (C=O) groups excluding carboxylic acids is 1. The highest BCUT2D eigenvalue weighted by Gasteiger charge is 2.27. The van der Waals surface area contributed by atoms with Crippen molar-refractivity contribution in [3.8, 4) is 11.5 Å². The summed E-state index contributed by atoms with van der Waals surface area (Å²) in [5, 5.41) is 3.74. The van der Waals surface area contributed by atoms with E-state index in [0.717, 1.165) is 54.9 Å². The van der Waals surface area contributed by atoms with E-state index in [1.807, 2.05) is 31.2 Å². The number of rotatable bonds is 7. The van der Waals surface area contributed by atoms with E-state index in [9.17, 15) is 4.79 Å². The van der Waals surface area contributed by atoms with Gasteiger partial charge in [0.1, 0.15) is 5.76 Å². The zero-order valence-electron chi connectivity index (χ0n) is 18.7. The number of likely N-dealkylation sites (tertiary alicyclic amines) is 1. The fraction of sp³-hybridized carbons (Fsp3) is 0.385. The Morgan fingerprint density at radius 3 is 2.75 bits per heavy atom. The molecule has 1 fully saturated rings. The third kappa shape index (κ3) is 5.40. The SMILES string of the molecule is CCc1ccc(-c2nc(CN3CCC[C@H](C(=O)NCc4ccccc4Cl)C3)c(C)o2)cc1. The molecule has 1 atom stereocenters. The molecule has 32 heavy (non-hydrogen) atoms. The van der Waals surface area contributed by atoms with Crippen molar-refractivity contribution in [1.82, 2.24) is 15.2 Å². The van der Waals surface area contributed by atoms with Crippen LogP contribution >= 0.6 is 11.6 Å². The van der Waals surface area contributed by atoms with Crippen molar-refractivity contribution < 1.29 is 9.21 Å². The summed E-state index contributed by atoms with van der Waals surface area (Å²) in [7, 11) is 0. The van der Waals surface area contributed by atoms with Crippen molar-refractivity contribution in [3.05, 3.63) is 76.1 Å². The number of oxazole rings is 1. The van der Waals surface area contributed by atoms with Crippen molar-refractivity contribution >= 4 is 17.5 Å². The molecule has 1 N–H and O–H groups in total. The smallest absolute Gasteiger partial charge is 0.226 e. The third-order valence-corrected chi connectivity index (χ3v) is 6.53. The second-order valence-electron chi connectivity index (χ2n) is 8.46. The molecule has 0 saturated carbocycles. The standard InChI is InChI=1S/C26H30ClN3O2/c1-3-19-10-12-20(13-11-19)26-29-24(18(2)32-26)17-30-14-6-8-22(16-30)25(31)28-15-21-7-4-5-9-23(21)27/h4-5,7,9-13,22H,3,6,8,14-17H2,1-2H3,(H,28,31)/t22-/m0/s1. The van der Waals surface area contributed by atoms with Crippen LogP contribution in [0.25, 0.3) is 11.5 Å². The number of piperidine rings is 1. The van der Waals surface area contributed by atoms with Crippen molar-refractivity contribution in [2.45, 2.75) is 46.2 Å². The average Bonchev–Trinajstić information content (AvgIpc) is 3.18. The quantitative estimate of drug-likeness (QED) is 0.523. The maximum atomic E-state index is 12.8. The first-order chi connectivity index (χ1) is 15.5. The predicted molar refractivity (Wildman–Crippen MR) is 127 cm³/mol. The van der Waals surface area contributed by atoms with Gasteiger partial charge in [-0.2, -0.15) is 0 Å². The Morgan fingerprint density at radius 1 is 1.22 bits per heavy atom. The van der Waals surface area contributed by atoms with E-state index in [2.05, 4.69) is 41.4 Å². The minimum Gasteiger partial charge on any atom is -0.441 e. The molecule has 4 rings (SSSR count). The first-order valence-electron chi connectivity index (χ1n) is 11.3. The second-order valence-corrected chi connectivity index (χ2v) is 8.86. The third-order valence-electron chi connectivity index (χ3n) is 6.16. The molecule has 2 heterocycles. The lowest BCUT2D eigenvalue weighted by molar-refractivity contribution is -0.127. The zero-order chi connectivity index (χ0) is 22.5. The summed E-state index contributed by atoms with van der Waals surface area (Å²) in [4.78, 5) is 19.8. The number of carbonyl (C=O) groups is 1. The molecule has 1 aromatic heterocycles. The van der Waals surface area contributed by atoms with Gasteiger partial charge in [-0.25, -0.2) is 4.98 Å². The van der Waals surface area contributed by atoms with Crippen LogP contribution in [0.3, 0.4) is 0 Å².